The summed E-state index contributed by atoms with van der Waals surface area (Å²) in [5.41, 5.74) is 4.80. The van der Waals surface area contributed by atoms with Crippen LogP contribution in [-0.4, -0.2) is 16.0 Å². The van der Waals surface area contributed by atoms with Crippen LogP contribution in [0.25, 0.3) is 20.8 Å². The first kappa shape index (κ1) is 19.2. The summed E-state index contributed by atoms with van der Waals surface area (Å²) in [6, 6.07) is 23.7. The summed E-state index contributed by atoms with van der Waals surface area (Å²) < 4.78 is 1.18. The first-order valence-corrected chi connectivity index (χ1v) is 10.4. The molecule has 2 N–H and O–H groups in total. The van der Waals surface area contributed by atoms with E-state index in [2.05, 4.69) is 33.8 Å². The Morgan fingerprint density at radius 1 is 1.03 bits per heavy atom. The van der Waals surface area contributed by atoms with E-state index in [0.717, 1.165) is 27.2 Å². The van der Waals surface area contributed by atoms with Gasteiger partial charge in [-0.15, -0.1) is 11.3 Å². The normalized spacial score (nSPS) is 10.7. The zero-order valence-corrected chi connectivity index (χ0v) is 17.4. The van der Waals surface area contributed by atoms with Gasteiger partial charge in [0, 0.05) is 17.7 Å². The number of hydrogen-bond donors (Lipinski definition) is 2. The molecule has 1 heterocycles. The van der Waals surface area contributed by atoms with E-state index in [0.29, 0.717) is 17.2 Å². The van der Waals surface area contributed by atoms with Crippen molar-refractivity contribution in [3.8, 4) is 10.6 Å². The summed E-state index contributed by atoms with van der Waals surface area (Å²) >= 11 is 6.94. The monoisotopic (exact) mass is 417 g/mol. The number of carbonyl (C=O) groups is 1. The molecule has 4 rings (SSSR count). The Hall–Kier alpha value is -3.09. The summed E-state index contributed by atoms with van der Waals surface area (Å²) in [6.07, 6.45) is 0. The molecule has 29 heavy (non-hydrogen) atoms. The van der Waals surface area contributed by atoms with Crippen LogP contribution in [0.4, 0.5) is 0 Å². The molecular weight excluding hydrogens is 398 g/mol. The van der Waals surface area contributed by atoms with E-state index in [1.54, 1.807) is 17.4 Å². The van der Waals surface area contributed by atoms with Crippen molar-refractivity contribution < 1.29 is 4.79 Å². The van der Waals surface area contributed by atoms with E-state index in [9.17, 15) is 4.79 Å². The van der Waals surface area contributed by atoms with E-state index in [-0.39, 0.29) is 5.91 Å². The zero-order chi connectivity index (χ0) is 20.2. The summed E-state index contributed by atoms with van der Waals surface area (Å²) in [4.78, 5) is 16.9. The average Bonchev–Trinajstić information content (AvgIpc) is 3.17. The molecule has 0 bridgehead atoms. The Labute approximate surface area is 178 Å². The van der Waals surface area contributed by atoms with Crippen molar-refractivity contribution >= 4 is 44.8 Å². The number of aryl methyl sites for hydroxylation is 1. The number of thiocarbonyl (C=S) groups is 1. The van der Waals surface area contributed by atoms with Gasteiger partial charge in [-0.2, -0.15) is 0 Å². The fourth-order valence-electron chi connectivity index (χ4n) is 2.95. The highest BCUT2D eigenvalue weighted by molar-refractivity contribution is 7.80. The van der Waals surface area contributed by atoms with Gasteiger partial charge >= 0.3 is 0 Å². The highest BCUT2D eigenvalue weighted by Gasteiger charge is 2.08. The molecule has 6 heteroatoms. The van der Waals surface area contributed by atoms with Crippen LogP contribution >= 0.6 is 23.6 Å². The number of fused-ring (bicyclic) bond motifs is 1. The minimum atomic E-state index is -0.211. The number of benzene rings is 3. The number of carbonyl (C=O) groups excluding carboxylic acids is 1. The summed E-state index contributed by atoms with van der Waals surface area (Å²) in [6.45, 7) is 2.48. The molecule has 0 aliphatic heterocycles. The number of thiazole rings is 1. The second-order valence-corrected chi connectivity index (χ2v) is 8.13. The minimum absolute atomic E-state index is 0.211. The standard InChI is InChI=1S/C23H19N3OS2/c1-15-5-4-6-18(13-15)21(27)26-23(28)24-14-16-9-11-17(12-10-16)22-25-19-7-2-3-8-20(19)29-22/h2-13H,14H2,1H3,(H2,24,26,27,28). The van der Waals surface area contributed by atoms with Crippen molar-refractivity contribution in [3.63, 3.8) is 0 Å². The number of amides is 1. The molecule has 4 nitrogen and oxygen atoms in total. The number of hydrogen-bond acceptors (Lipinski definition) is 4. The van der Waals surface area contributed by atoms with Crippen molar-refractivity contribution in [2.24, 2.45) is 0 Å². The first-order valence-electron chi connectivity index (χ1n) is 9.19. The maximum atomic E-state index is 12.2. The van der Waals surface area contributed by atoms with Crippen molar-refractivity contribution in [1.82, 2.24) is 15.6 Å². The fraction of sp³-hybridized carbons (Fsp3) is 0.0870. The molecule has 1 amide bonds. The average molecular weight is 418 g/mol. The summed E-state index contributed by atoms with van der Waals surface area (Å²) in [5.74, 6) is -0.211. The van der Waals surface area contributed by atoms with Gasteiger partial charge in [-0.1, -0.05) is 54.1 Å². The Balaban J connectivity index is 1.35. The van der Waals surface area contributed by atoms with E-state index in [4.69, 9.17) is 12.2 Å². The SMILES string of the molecule is Cc1cccc(C(=O)NC(=S)NCc2ccc(-c3nc4ccccc4s3)cc2)c1. The largest absolute Gasteiger partial charge is 0.358 e. The molecule has 0 fully saturated rings. The number of nitrogens with zero attached hydrogens (tertiary/aromatic N) is 1. The summed E-state index contributed by atoms with van der Waals surface area (Å²) in [5, 5.41) is 7.12. The third-order valence-corrected chi connectivity index (χ3v) is 5.79. The second kappa shape index (κ2) is 8.51. The zero-order valence-electron chi connectivity index (χ0n) is 15.8. The van der Waals surface area contributed by atoms with E-state index in [1.165, 1.54) is 4.70 Å². The van der Waals surface area contributed by atoms with Gasteiger partial charge in [0.2, 0.25) is 0 Å². The second-order valence-electron chi connectivity index (χ2n) is 6.69. The van der Waals surface area contributed by atoms with Gasteiger partial charge in [-0.25, -0.2) is 4.98 Å². The Bertz CT molecular complexity index is 1150. The van der Waals surface area contributed by atoms with E-state index < -0.39 is 0 Å². The lowest BCUT2D eigenvalue weighted by atomic mass is 10.1. The Morgan fingerprint density at radius 2 is 1.83 bits per heavy atom. The number of para-hydroxylation sites is 1. The molecule has 0 aliphatic rings. The molecule has 4 aromatic rings. The van der Waals surface area contributed by atoms with Crippen LogP contribution in [0.5, 0.6) is 0 Å². The van der Waals surface area contributed by atoms with Crippen LogP contribution in [0.3, 0.4) is 0 Å². The number of nitrogens with one attached hydrogen (secondary N) is 2. The van der Waals surface area contributed by atoms with Gasteiger partial charge in [0.25, 0.3) is 5.91 Å². The third-order valence-electron chi connectivity index (χ3n) is 4.46. The molecule has 0 radical (unpaired) electrons. The molecule has 144 valence electrons. The van der Waals surface area contributed by atoms with E-state index in [1.807, 2.05) is 55.5 Å². The van der Waals surface area contributed by atoms with Gasteiger partial charge in [0.15, 0.2) is 5.11 Å². The minimum Gasteiger partial charge on any atom is -0.358 e. The third kappa shape index (κ3) is 4.67. The molecule has 1 aromatic heterocycles. The van der Waals surface area contributed by atoms with Crippen LogP contribution in [0.2, 0.25) is 0 Å². The molecule has 3 aromatic carbocycles. The van der Waals surface area contributed by atoms with Crippen molar-refractivity contribution in [3.05, 3.63) is 89.5 Å². The first-order chi connectivity index (χ1) is 14.1. The molecule has 0 unspecified atom stereocenters. The lowest BCUT2D eigenvalue weighted by Gasteiger charge is -2.10. The van der Waals surface area contributed by atoms with Crippen LogP contribution in [0.1, 0.15) is 21.5 Å². The molecule has 0 spiro atoms. The molecule has 0 saturated carbocycles. The van der Waals surface area contributed by atoms with Gasteiger partial charge in [-0.05, 0) is 49.0 Å². The van der Waals surface area contributed by atoms with Gasteiger partial charge in [-0.3, -0.25) is 10.1 Å². The van der Waals surface area contributed by atoms with Crippen LogP contribution in [-0.2, 0) is 6.54 Å². The number of rotatable bonds is 4. The summed E-state index contributed by atoms with van der Waals surface area (Å²) in [7, 11) is 0. The molecule has 0 aliphatic carbocycles. The van der Waals surface area contributed by atoms with Crippen LogP contribution in [0.15, 0.2) is 72.8 Å². The lowest BCUT2D eigenvalue weighted by Crippen LogP contribution is -2.38. The van der Waals surface area contributed by atoms with Crippen molar-refractivity contribution in [2.75, 3.05) is 0 Å². The molecular formula is C23H19N3OS2. The van der Waals surface area contributed by atoms with Crippen molar-refractivity contribution in [1.29, 1.82) is 0 Å². The quantitative estimate of drug-likeness (QED) is 0.455. The Kier molecular flexibility index (Phi) is 5.64. The lowest BCUT2D eigenvalue weighted by molar-refractivity contribution is 0.0976. The van der Waals surface area contributed by atoms with Crippen LogP contribution < -0.4 is 10.6 Å². The maximum absolute atomic E-state index is 12.2. The fourth-order valence-corrected chi connectivity index (χ4v) is 4.08. The topological polar surface area (TPSA) is 54.0 Å². The number of aromatic nitrogens is 1. The Morgan fingerprint density at radius 3 is 2.59 bits per heavy atom. The molecule has 0 atom stereocenters. The highest BCUT2D eigenvalue weighted by Crippen LogP contribution is 2.29. The highest BCUT2D eigenvalue weighted by atomic mass is 32.1. The smallest absolute Gasteiger partial charge is 0.257 e. The van der Waals surface area contributed by atoms with Gasteiger partial charge in [0.05, 0.1) is 10.2 Å². The molecule has 0 saturated heterocycles. The predicted octanol–water partition coefficient (Wildman–Crippen LogP) is 5.08. The van der Waals surface area contributed by atoms with E-state index >= 15 is 0 Å². The van der Waals surface area contributed by atoms with Crippen molar-refractivity contribution in [2.45, 2.75) is 13.5 Å². The van der Waals surface area contributed by atoms with Gasteiger partial charge in [0.1, 0.15) is 5.01 Å². The predicted molar refractivity (Wildman–Crippen MR) is 123 cm³/mol. The van der Waals surface area contributed by atoms with Gasteiger partial charge < -0.3 is 5.32 Å². The maximum Gasteiger partial charge on any atom is 0.257 e. The van der Waals surface area contributed by atoms with Crippen LogP contribution in [0, 0.1) is 6.92 Å².